The Morgan fingerprint density at radius 3 is 2.44 bits per heavy atom. The van der Waals surface area contributed by atoms with Crippen LogP contribution in [0, 0.1) is 5.92 Å². The van der Waals surface area contributed by atoms with Crippen molar-refractivity contribution < 1.29 is 4.79 Å². The number of amides is 1. The highest BCUT2D eigenvalue weighted by Crippen LogP contribution is 2.32. The number of hydrogen-bond donors (Lipinski definition) is 0. The molecule has 16 heavy (non-hydrogen) atoms. The van der Waals surface area contributed by atoms with Gasteiger partial charge in [0.25, 0.3) is 0 Å². The zero-order chi connectivity index (χ0) is 11.5. The first-order valence-corrected chi connectivity index (χ1v) is 6.03. The zero-order valence-electron chi connectivity index (χ0n) is 10.0. The van der Waals surface area contributed by atoms with Gasteiger partial charge in [-0.05, 0) is 32.3 Å². The first-order valence-electron chi connectivity index (χ1n) is 6.03. The van der Waals surface area contributed by atoms with Crippen molar-refractivity contribution in [2.75, 3.05) is 0 Å². The molecule has 1 aliphatic carbocycles. The van der Waals surface area contributed by atoms with Gasteiger partial charge in [0.2, 0.25) is 5.91 Å². The summed E-state index contributed by atoms with van der Waals surface area (Å²) in [6.45, 7) is 4.92. The van der Waals surface area contributed by atoms with Crippen LogP contribution in [0.25, 0.3) is 0 Å². The van der Waals surface area contributed by atoms with Crippen molar-refractivity contribution in [2.24, 2.45) is 5.92 Å². The Hall–Kier alpha value is -1.31. The van der Waals surface area contributed by atoms with Crippen LogP contribution < -0.4 is 0 Å². The molecule has 0 heterocycles. The van der Waals surface area contributed by atoms with Gasteiger partial charge in [-0.2, -0.15) is 0 Å². The third-order valence-corrected chi connectivity index (χ3v) is 3.03. The third kappa shape index (κ3) is 2.63. The van der Waals surface area contributed by atoms with Crippen LogP contribution in [-0.2, 0) is 11.3 Å². The molecule has 0 atom stereocenters. The van der Waals surface area contributed by atoms with E-state index >= 15 is 0 Å². The fourth-order valence-electron chi connectivity index (χ4n) is 1.86. The second-order valence-corrected chi connectivity index (χ2v) is 4.82. The molecule has 2 heteroatoms. The summed E-state index contributed by atoms with van der Waals surface area (Å²) in [5.74, 6) is 0.643. The van der Waals surface area contributed by atoms with Gasteiger partial charge in [0.15, 0.2) is 0 Å². The normalized spacial score (nSPS) is 15.2. The largest absolute Gasteiger partial charge is 0.336 e. The maximum atomic E-state index is 12.1. The molecule has 86 valence electrons. The molecule has 1 fully saturated rings. The van der Waals surface area contributed by atoms with Crippen LogP contribution in [0.15, 0.2) is 30.3 Å². The summed E-state index contributed by atoms with van der Waals surface area (Å²) in [6, 6.07) is 10.5. The fraction of sp³-hybridized carbons (Fsp3) is 0.500. The highest BCUT2D eigenvalue weighted by molar-refractivity contribution is 5.81. The SMILES string of the molecule is CC(C)N(Cc1ccccc1)C(=O)C1CC1. The van der Waals surface area contributed by atoms with Crippen molar-refractivity contribution >= 4 is 5.91 Å². The summed E-state index contributed by atoms with van der Waals surface area (Å²) in [5.41, 5.74) is 1.21. The Balaban J connectivity index is 2.05. The van der Waals surface area contributed by atoms with E-state index in [4.69, 9.17) is 0 Å². The molecular formula is C14H19NO. The summed E-state index contributed by atoms with van der Waals surface area (Å²) in [7, 11) is 0. The molecule has 2 rings (SSSR count). The predicted molar refractivity (Wildman–Crippen MR) is 64.9 cm³/mol. The second-order valence-electron chi connectivity index (χ2n) is 4.82. The molecule has 0 aromatic heterocycles. The molecule has 0 aliphatic heterocycles. The predicted octanol–water partition coefficient (Wildman–Crippen LogP) is 2.83. The minimum absolute atomic E-state index is 0.285. The van der Waals surface area contributed by atoms with E-state index in [1.54, 1.807) is 0 Å². The highest BCUT2D eigenvalue weighted by Gasteiger charge is 2.34. The Labute approximate surface area is 97.3 Å². The van der Waals surface area contributed by atoms with Crippen molar-refractivity contribution in [1.82, 2.24) is 4.90 Å². The molecule has 0 bridgehead atoms. The number of rotatable bonds is 4. The summed E-state index contributed by atoms with van der Waals surface area (Å²) >= 11 is 0. The number of carbonyl (C=O) groups excluding carboxylic acids is 1. The van der Waals surface area contributed by atoms with Crippen LogP contribution in [0.5, 0.6) is 0 Å². The minimum atomic E-state index is 0.285. The lowest BCUT2D eigenvalue weighted by atomic mass is 10.1. The standard InChI is InChI=1S/C14H19NO/c1-11(2)15(14(16)13-8-9-13)10-12-6-4-3-5-7-12/h3-7,11,13H,8-10H2,1-2H3. The third-order valence-electron chi connectivity index (χ3n) is 3.03. The van der Waals surface area contributed by atoms with E-state index in [0.29, 0.717) is 11.8 Å². The van der Waals surface area contributed by atoms with E-state index in [1.807, 2.05) is 23.1 Å². The average Bonchev–Trinajstić information content (AvgIpc) is 3.10. The van der Waals surface area contributed by atoms with Gasteiger partial charge in [0.1, 0.15) is 0 Å². The van der Waals surface area contributed by atoms with Crippen molar-refractivity contribution in [3.63, 3.8) is 0 Å². The van der Waals surface area contributed by atoms with Crippen molar-refractivity contribution in [3.8, 4) is 0 Å². The molecule has 0 N–H and O–H groups in total. The number of benzene rings is 1. The van der Waals surface area contributed by atoms with Crippen LogP contribution >= 0.6 is 0 Å². The number of carbonyl (C=O) groups is 1. The Morgan fingerprint density at radius 1 is 1.31 bits per heavy atom. The lowest BCUT2D eigenvalue weighted by Gasteiger charge is -2.27. The van der Waals surface area contributed by atoms with Gasteiger partial charge in [-0.1, -0.05) is 30.3 Å². The van der Waals surface area contributed by atoms with E-state index in [0.717, 1.165) is 19.4 Å². The summed E-state index contributed by atoms with van der Waals surface area (Å²) in [5, 5.41) is 0. The topological polar surface area (TPSA) is 20.3 Å². The molecule has 0 radical (unpaired) electrons. The Kier molecular flexibility index (Phi) is 3.28. The van der Waals surface area contributed by atoms with E-state index in [2.05, 4.69) is 26.0 Å². The minimum Gasteiger partial charge on any atom is -0.336 e. The first kappa shape index (κ1) is 11.2. The molecular weight excluding hydrogens is 198 g/mol. The maximum Gasteiger partial charge on any atom is 0.226 e. The fourth-order valence-corrected chi connectivity index (χ4v) is 1.86. The molecule has 1 aromatic rings. The van der Waals surface area contributed by atoms with Crippen molar-refractivity contribution in [3.05, 3.63) is 35.9 Å². The van der Waals surface area contributed by atoms with Gasteiger partial charge in [-0.3, -0.25) is 4.79 Å². The highest BCUT2D eigenvalue weighted by atomic mass is 16.2. The smallest absolute Gasteiger partial charge is 0.226 e. The van der Waals surface area contributed by atoms with Crippen molar-refractivity contribution in [1.29, 1.82) is 0 Å². The lowest BCUT2D eigenvalue weighted by Crippen LogP contribution is -2.37. The van der Waals surface area contributed by atoms with E-state index in [9.17, 15) is 4.79 Å². The first-order chi connectivity index (χ1) is 7.68. The van der Waals surface area contributed by atoms with Gasteiger partial charge in [0, 0.05) is 18.5 Å². The maximum absolute atomic E-state index is 12.1. The summed E-state index contributed by atoms with van der Waals surface area (Å²) in [6.07, 6.45) is 2.16. The quantitative estimate of drug-likeness (QED) is 0.759. The van der Waals surface area contributed by atoms with Gasteiger partial charge in [0.05, 0.1) is 0 Å². The summed E-state index contributed by atoms with van der Waals surface area (Å²) < 4.78 is 0. The van der Waals surface area contributed by atoms with E-state index in [-0.39, 0.29) is 6.04 Å². The molecule has 1 amide bonds. The Bertz CT molecular complexity index is 354. The average molecular weight is 217 g/mol. The molecule has 0 spiro atoms. The van der Waals surface area contributed by atoms with Crippen molar-refractivity contribution in [2.45, 2.75) is 39.3 Å². The van der Waals surface area contributed by atoms with Crippen LogP contribution in [0.2, 0.25) is 0 Å². The van der Waals surface area contributed by atoms with Gasteiger partial charge < -0.3 is 4.90 Å². The second kappa shape index (κ2) is 4.69. The van der Waals surface area contributed by atoms with E-state index < -0.39 is 0 Å². The van der Waals surface area contributed by atoms with Gasteiger partial charge in [-0.25, -0.2) is 0 Å². The van der Waals surface area contributed by atoms with Crippen LogP contribution in [0.3, 0.4) is 0 Å². The van der Waals surface area contributed by atoms with Crippen LogP contribution in [0.4, 0.5) is 0 Å². The molecule has 1 saturated carbocycles. The molecule has 1 aliphatic rings. The molecule has 1 aromatic carbocycles. The molecule has 0 unspecified atom stereocenters. The zero-order valence-corrected chi connectivity index (χ0v) is 10.0. The van der Waals surface area contributed by atoms with Gasteiger partial charge in [-0.15, -0.1) is 0 Å². The molecule has 0 saturated heterocycles. The lowest BCUT2D eigenvalue weighted by molar-refractivity contribution is -0.134. The molecule has 2 nitrogen and oxygen atoms in total. The van der Waals surface area contributed by atoms with Crippen LogP contribution in [0.1, 0.15) is 32.3 Å². The van der Waals surface area contributed by atoms with Crippen LogP contribution in [-0.4, -0.2) is 16.8 Å². The number of hydrogen-bond acceptors (Lipinski definition) is 1. The monoisotopic (exact) mass is 217 g/mol. The Morgan fingerprint density at radius 2 is 1.94 bits per heavy atom. The number of nitrogens with zero attached hydrogens (tertiary/aromatic N) is 1. The van der Waals surface area contributed by atoms with E-state index in [1.165, 1.54) is 5.56 Å². The van der Waals surface area contributed by atoms with Gasteiger partial charge >= 0.3 is 0 Å². The summed E-state index contributed by atoms with van der Waals surface area (Å²) in [4.78, 5) is 14.1.